The summed E-state index contributed by atoms with van der Waals surface area (Å²) in [6.45, 7) is 2.77. The predicted molar refractivity (Wildman–Crippen MR) is 86.3 cm³/mol. The van der Waals surface area contributed by atoms with Crippen molar-refractivity contribution in [2.24, 2.45) is 5.73 Å². The lowest BCUT2D eigenvalue weighted by atomic mass is 10.1. The highest BCUT2D eigenvalue weighted by molar-refractivity contribution is 7.80. The Morgan fingerprint density at radius 3 is 2.35 bits per heavy atom. The number of thiocarbonyl (C=S) groups is 1. The number of amidine groups is 1. The second kappa shape index (κ2) is 6.82. The summed E-state index contributed by atoms with van der Waals surface area (Å²) in [6.07, 6.45) is 0. The molecule has 2 rings (SSSR count). The van der Waals surface area contributed by atoms with Gasteiger partial charge in [-0.25, -0.2) is 5.32 Å². The molecule has 0 heterocycles. The normalized spacial score (nSPS) is 11.2. The third kappa shape index (κ3) is 4.17. The second-order valence-corrected chi connectivity index (χ2v) is 5.01. The van der Waals surface area contributed by atoms with Crippen LogP contribution in [0.1, 0.15) is 16.7 Å². The van der Waals surface area contributed by atoms with Crippen LogP contribution < -0.4 is 16.0 Å². The molecule has 4 N–H and O–H groups in total. The average molecular weight is 284 g/mol. The van der Waals surface area contributed by atoms with Gasteiger partial charge >= 0.3 is 0 Å². The zero-order valence-electron chi connectivity index (χ0n) is 11.4. The quantitative estimate of drug-likeness (QED) is 0.445. The van der Waals surface area contributed by atoms with Crippen LogP contribution in [0.25, 0.3) is 0 Å². The molecule has 0 saturated carbocycles. The highest BCUT2D eigenvalue weighted by atomic mass is 32.1. The summed E-state index contributed by atoms with van der Waals surface area (Å²) in [7, 11) is 0. The molecular formula is C16H18N3S+. The zero-order valence-corrected chi connectivity index (χ0v) is 12.2. The van der Waals surface area contributed by atoms with E-state index in [1.165, 1.54) is 11.1 Å². The zero-order chi connectivity index (χ0) is 14.4. The van der Waals surface area contributed by atoms with Gasteiger partial charge in [0.1, 0.15) is 6.54 Å². The summed E-state index contributed by atoms with van der Waals surface area (Å²) in [5, 5.41) is 3.25. The van der Waals surface area contributed by atoms with Gasteiger partial charge in [-0.1, -0.05) is 48.0 Å². The van der Waals surface area contributed by atoms with E-state index in [4.69, 9.17) is 18.0 Å². The van der Waals surface area contributed by atoms with Gasteiger partial charge in [-0.2, -0.15) is 0 Å². The summed E-state index contributed by atoms with van der Waals surface area (Å²) in [5.41, 5.74) is 9.03. The van der Waals surface area contributed by atoms with Gasteiger partial charge in [0.25, 0.3) is 10.9 Å². The first-order valence-corrected chi connectivity index (χ1v) is 6.84. The highest BCUT2D eigenvalue weighted by Gasteiger charge is 2.11. The minimum atomic E-state index is 0.251. The van der Waals surface area contributed by atoms with Crippen molar-refractivity contribution >= 4 is 23.2 Å². The maximum absolute atomic E-state index is 5.59. The fourth-order valence-electron chi connectivity index (χ4n) is 1.85. The van der Waals surface area contributed by atoms with Crippen molar-refractivity contribution in [3.8, 4) is 0 Å². The third-order valence-electron chi connectivity index (χ3n) is 2.90. The Kier molecular flexibility index (Phi) is 4.85. The summed E-state index contributed by atoms with van der Waals surface area (Å²) in [5.74, 6) is 0.821. The van der Waals surface area contributed by atoms with E-state index in [1.807, 2.05) is 30.3 Å². The topological polar surface area (TPSA) is 52.0 Å². The minimum absolute atomic E-state index is 0.251. The van der Waals surface area contributed by atoms with Crippen molar-refractivity contribution < 1.29 is 4.99 Å². The van der Waals surface area contributed by atoms with Gasteiger partial charge in [0.2, 0.25) is 0 Å². The molecule has 20 heavy (non-hydrogen) atoms. The number of benzene rings is 2. The molecule has 0 aliphatic carbocycles. The summed E-state index contributed by atoms with van der Waals surface area (Å²) < 4.78 is 0. The van der Waals surface area contributed by atoms with Crippen LogP contribution in [0, 0.1) is 6.92 Å². The number of aryl methyl sites for hydroxylation is 1. The predicted octanol–water partition coefficient (Wildman–Crippen LogP) is 0.856. The maximum Gasteiger partial charge on any atom is 0.282 e. The van der Waals surface area contributed by atoms with Gasteiger partial charge < -0.3 is 5.73 Å². The molecule has 0 atom stereocenters. The van der Waals surface area contributed by atoms with Crippen LogP contribution in [-0.2, 0) is 6.54 Å². The summed E-state index contributed by atoms with van der Waals surface area (Å²) >= 11 is 4.93. The van der Waals surface area contributed by atoms with Gasteiger partial charge in [-0.15, -0.1) is 0 Å². The number of rotatable bonds is 3. The molecular weight excluding hydrogens is 266 g/mol. The highest BCUT2D eigenvalue weighted by Crippen LogP contribution is 2.01. The SMILES string of the molecule is Cc1ccc(C(NC(N)=S)=[NH+]Cc2ccccc2)cc1. The Labute approximate surface area is 124 Å². The van der Waals surface area contributed by atoms with Crippen molar-refractivity contribution in [3.05, 3.63) is 71.3 Å². The molecule has 0 radical (unpaired) electrons. The van der Waals surface area contributed by atoms with E-state index < -0.39 is 0 Å². The molecule has 0 aliphatic rings. The molecule has 0 aromatic heterocycles. The fourth-order valence-corrected chi connectivity index (χ4v) is 1.95. The lowest BCUT2D eigenvalue weighted by molar-refractivity contribution is -0.476. The third-order valence-corrected chi connectivity index (χ3v) is 3.00. The van der Waals surface area contributed by atoms with Crippen molar-refractivity contribution in [2.75, 3.05) is 0 Å². The Morgan fingerprint density at radius 2 is 1.75 bits per heavy atom. The minimum Gasteiger partial charge on any atom is -0.357 e. The number of hydrogen-bond donors (Lipinski definition) is 3. The van der Waals surface area contributed by atoms with E-state index in [0.29, 0.717) is 6.54 Å². The molecule has 2 aromatic rings. The number of nitrogens with one attached hydrogen (secondary N) is 2. The van der Waals surface area contributed by atoms with Gasteiger partial charge in [-0.3, -0.25) is 4.99 Å². The van der Waals surface area contributed by atoms with Crippen LogP contribution in [0.4, 0.5) is 0 Å². The van der Waals surface area contributed by atoms with Crippen LogP contribution in [-0.4, -0.2) is 10.9 Å². The smallest absolute Gasteiger partial charge is 0.282 e. The standard InChI is InChI=1S/C16H17N3S/c1-12-7-9-14(10-8-12)15(19-16(17)20)18-11-13-5-3-2-4-6-13/h2-10H,11H2,1H3,(H3,17,18,19,20)/p+1. The molecule has 0 amide bonds. The number of nitrogens with two attached hydrogens (primary N) is 1. The average Bonchev–Trinajstić information content (AvgIpc) is 2.45. The summed E-state index contributed by atoms with van der Waals surface area (Å²) in [4.78, 5) is 3.34. The summed E-state index contributed by atoms with van der Waals surface area (Å²) in [6, 6.07) is 18.4. The molecule has 0 unspecified atom stereocenters. The maximum atomic E-state index is 5.59. The Hall–Kier alpha value is -2.20. The molecule has 2 aromatic carbocycles. The van der Waals surface area contributed by atoms with Crippen molar-refractivity contribution in [1.29, 1.82) is 0 Å². The van der Waals surface area contributed by atoms with Crippen molar-refractivity contribution in [1.82, 2.24) is 5.32 Å². The molecule has 0 fully saturated rings. The molecule has 0 saturated heterocycles. The Balaban J connectivity index is 2.23. The van der Waals surface area contributed by atoms with E-state index in [0.717, 1.165) is 11.4 Å². The second-order valence-electron chi connectivity index (χ2n) is 4.57. The lowest BCUT2D eigenvalue weighted by Gasteiger charge is -2.03. The Morgan fingerprint density at radius 1 is 1.10 bits per heavy atom. The van der Waals surface area contributed by atoms with Gasteiger partial charge in [0.15, 0.2) is 0 Å². The monoisotopic (exact) mass is 284 g/mol. The first-order chi connectivity index (χ1) is 9.65. The van der Waals surface area contributed by atoms with E-state index in [-0.39, 0.29) is 5.11 Å². The first-order valence-electron chi connectivity index (χ1n) is 6.43. The van der Waals surface area contributed by atoms with E-state index in [2.05, 4.69) is 41.5 Å². The molecule has 0 bridgehead atoms. The van der Waals surface area contributed by atoms with Crippen LogP contribution in [0.5, 0.6) is 0 Å². The van der Waals surface area contributed by atoms with Crippen molar-refractivity contribution in [2.45, 2.75) is 13.5 Å². The first kappa shape index (κ1) is 14.2. The van der Waals surface area contributed by atoms with E-state index in [9.17, 15) is 0 Å². The van der Waals surface area contributed by atoms with Crippen LogP contribution in [0.15, 0.2) is 54.6 Å². The van der Waals surface area contributed by atoms with Crippen LogP contribution in [0.3, 0.4) is 0 Å². The number of hydrogen-bond acceptors (Lipinski definition) is 1. The molecule has 102 valence electrons. The molecule has 3 nitrogen and oxygen atoms in total. The van der Waals surface area contributed by atoms with Gasteiger partial charge in [0.05, 0.1) is 5.56 Å². The molecule has 4 heteroatoms. The van der Waals surface area contributed by atoms with Crippen LogP contribution >= 0.6 is 12.2 Å². The van der Waals surface area contributed by atoms with E-state index >= 15 is 0 Å². The van der Waals surface area contributed by atoms with E-state index in [1.54, 1.807) is 0 Å². The van der Waals surface area contributed by atoms with Gasteiger partial charge in [-0.05, 0) is 36.8 Å². The molecule has 0 aliphatic heterocycles. The molecule has 0 spiro atoms. The Bertz CT molecular complexity index is 603. The lowest BCUT2D eigenvalue weighted by Crippen LogP contribution is -2.75. The van der Waals surface area contributed by atoms with Crippen molar-refractivity contribution in [3.63, 3.8) is 0 Å². The fraction of sp³-hybridized carbons (Fsp3) is 0.125. The van der Waals surface area contributed by atoms with Gasteiger partial charge in [0, 0.05) is 0 Å². The largest absolute Gasteiger partial charge is 0.357 e. The van der Waals surface area contributed by atoms with Crippen LogP contribution in [0.2, 0.25) is 0 Å².